The lowest BCUT2D eigenvalue weighted by Gasteiger charge is -2.22. The minimum Gasteiger partial charge on any atom is -0.476 e. The van der Waals surface area contributed by atoms with Crippen molar-refractivity contribution >= 4 is 29.2 Å². The van der Waals surface area contributed by atoms with Crippen LogP contribution in [-0.2, 0) is 14.3 Å². The molecular formula is C14H18ClFN2O5. The van der Waals surface area contributed by atoms with Gasteiger partial charge in [-0.3, -0.25) is 4.79 Å². The number of anilines is 1. The molecule has 1 heterocycles. The Morgan fingerprint density at radius 1 is 1.39 bits per heavy atom. The molecule has 1 aromatic rings. The molecule has 0 saturated carbocycles. The Morgan fingerprint density at radius 2 is 2.00 bits per heavy atom. The third-order valence-corrected chi connectivity index (χ3v) is 3.14. The van der Waals surface area contributed by atoms with E-state index in [1.165, 1.54) is 7.11 Å². The van der Waals surface area contributed by atoms with Crippen molar-refractivity contribution in [3.8, 4) is 5.88 Å². The van der Waals surface area contributed by atoms with Crippen LogP contribution < -0.4 is 10.5 Å². The molecule has 1 rings (SSSR count). The molecule has 0 unspecified atom stereocenters. The number of carbonyl (C=O) groups is 2. The Balaban J connectivity index is 3.20. The predicted molar refractivity (Wildman–Crippen MR) is 80.9 cm³/mol. The summed E-state index contributed by atoms with van der Waals surface area (Å²) < 4.78 is 28.6. The highest BCUT2D eigenvalue weighted by atomic mass is 35.5. The highest BCUT2D eigenvalue weighted by Crippen LogP contribution is 2.31. The Labute approximate surface area is 137 Å². The number of nitrogen functional groups attached to an aromatic ring is 1. The summed E-state index contributed by atoms with van der Waals surface area (Å²) in [6, 6.07) is 0. The molecule has 0 aromatic carbocycles. The van der Waals surface area contributed by atoms with Gasteiger partial charge in [-0.2, -0.15) is 4.98 Å². The van der Waals surface area contributed by atoms with Gasteiger partial charge in [0, 0.05) is 0 Å². The first-order chi connectivity index (χ1) is 10.7. The summed E-state index contributed by atoms with van der Waals surface area (Å²) in [6.45, 7) is 4.57. The summed E-state index contributed by atoms with van der Waals surface area (Å²) >= 11 is 5.62. The van der Waals surface area contributed by atoms with Crippen molar-refractivity contribution in [2.24, 2.45) is 5.41 Å². The zero-order chi connectivity index (χ0) is 17.8. The van der Waals surface area contributed by atoms with E-state index in [2.05, 4.69) is 9.72 Å². The van der Waals surface area contributed by atoms with Crippen LogP contribution in [0.1, 0.15) is 31.1 Å². The van der Waals surface area contributed by atoms with E-state index in [4.69, 9.17) is 26.8 Å². The fourth-order valence-corrected chi connectivity index (χ4v) is 1.80. The highest BCUT2D eigenvalue weighted by molar-refractivity contribution is 6.30. The maximum absolute atomic E-state index is 13.8. The SMILES string of the molecule is CCOC(=O)c1c(OCC(C)(C)C(=O)OC)nc(Cl)c(F)c1N. The monoisotopic (exact) mass is 348 g/mol. The van der Waals surface area contributed by atoms with Gasteiger partial charge in [-0.25, -0.2) is 9.18 Å². The van der Waals surface area contributed by atoms with Gasteiger partial charge in [-0.1, -0.05) is 11.6 Å². The topological polar surface area (TPSA) is 101 Å². The van der Waals surface area contributed by atoms with E-state index in [1.54, 1.807) is 20.8 Å². The van der Waals surface area contributed by atoms with Crippen molar-refractivity contribution in [2.75, 3.05) is 26.1 Å². The van der Waals surface area contributed by atoms with Crippen LogP contribution in [0.4, 0.5) is 10.1 Å². The van der Waals surface area contributed by atoms with Gasteiger partial charge in [0.2, 0.25) is 5.88 Å². The second-order valence-corrected chi connectivity index (χ2v) is 5.55. The molecule has 0 fully saturated rings. The number of nitrogens with zero attached hydrogens (tertiary/aromatic N) is 1. The number of methoxy groups -OCH3 is 1. The minimum absolute atomic E-state index is 0.0512. The quantitative estimate of drug-likeness (QED) is 0.621. The fourth-order valence-electron chi connectivity index (χ4n) is 1.62. The van der Waals surface area contributed by atoms with Gasteiger partial charge in [0.15, 0.2) is 11.0 Å². The standard InChI is InChI=1S/C14H18ClFN2O5/c1-5-22-12(19)7-9(17)8(16)10(15)18-11(7)23-6-14(2,3)13(20)21-4/h5-6H2,1-4H3,(H2,17,18). The van der Waals surface area contributed by atoms with Gasteiger partial charge in [0.25, 0.3) is 0 Å². The van der Waals surface area contributed by atoms with Crippen molar-refractivity contribution in [1.29, 1.82) is 0 Å². The van der Waals surface area contributed by atoms with Crippen LogP contribution in [0.15, 0.2) is 0 Å². The maximum Gasteiger partial charge on any atom is 0.345 e. The van der Waals surface area contributed by atoms with Crippen molar-refractivity contribution in [3.05, 3.63) is 16.5 Å². The van der Waals surface area contributed by atoms with Crippen LogP contribution in [0.25, 0.3) is 0 Å². The average molecular weight is 349 g/mol. The number of hydrogen-bond donors (Lipinski definition) is 1. The zero-order valence-electron chi connectivity index (χ0n) is 13.2. The third-order valence-electron chi connectivity index (χ3n) is 2.89. The van der Waals surface area contributed by atoms with Crippen LogP contribution in [0.3, 0.4) is 0 Å². The lowest BCUT2D eigenvalue weighted by molar-refractivity contribution is -0.152. The number of halogens is 2. The summed E-state index contributed by atoms with van der Waals surface area (Å²) in [6.07, 6.45) is 0. The largest absolute Gasteiger partial charge is 0.476 e. The van der Waals surface area contributed by atoms with Crippen LogP contribution in [-0.4, -0.2) is 37.2 Å². The first kappa shape index (κ1) is 19.0. The third kappa shape index (κ3) is 4.22. The fraction of sp³-hybridized carbons (Fsp3) is 0.500. The van der Waals surface area contributed by atoms with Crippen LogP contribution >= 0.6 is 11.6 Å². The van der Waals surface area contributed by atoms with Crippen LogP contribution in [0.5, 0.6) is 5.88 Å². The molecular weight excluding hydrogens is 331 g/mol. The lowest BCUT2D eigenvalue weighted by Crippen LogP contribution is -2.32. The van der Waals surface area contributed by atoms with Gasteiger partial charge in [0.1, 0.15) is 12.2 Å². The Hall–Kier alpha value is -2.09. The first-order valence-electron chi connectivity index (χ1n) is 6.68. The highest BCUT2D eigenvalue weighted by Gasteiger charge is 2.32. The number of rotatable bonds is 6. The Morgan fingerprint density at radius 3 is 2.52 bits per heavy atom. The number of carbonyl (C=O) groups excluding carboxylic acids is 2. The van der Waals surface area contributed by atoms with Crippen molar-refractivity contribution < 1.29 is 28.2 Å². The van der Waals surface area contributed by atoms with Gasteiger partial charge >= 0.3 is 11.9 Å². The molecule has 0 amide bonds. The number of aromatic nitrogens is 1. The molecule has 2 N–H and O–H groups in total. The predicted octanol–water partition coefficient (Wildman–Crippen LogP) is 2.21. The molecule has 0 aliphatic rings. The van der Waals surface area contributed by atoms with E-state index < -0.39 is 34.0 Å². The molecule has 0 spiro atoms. The molecule has 0 radical (unpaired) electrons. The summed E-state index contributed by atoms with van der Waals surface area (Å²) in [4.78, 5) is 27.2. The van der Waals surface area contributed by atoms with E-state index in [0.717, 1.165) is 0 Å². The van der Waals surface area contributed by atoms with Crippen LogP contribution in [0, 0.1) is 11.2 Å². The number of pyridine rings is 1. The number of hydrogen-bond acceptors (Lipinski definition) is 7. The zero-order valence-corrected chi connectivity index (χ0v) is 14.0. The summed E-state index contributed by atoms with van der Waals surface area (Å²) in [5.74, 6) is -2.80. The molecule has 0 atom stereocenters. The van der Waals surface area contributed by atoms with Crippen molar-refractivity contribution in [3.63, 3.8) is 0 Å². The van der Waals surface area contributed by atoms with Crippen molar-refractivity contribution in [1.82, 2.24) is 4.98 Å². The molecule has 7 nitrogen and oxygen atoms in total. The maximum atomic E-state index is 13.8. The van der Waals surface area contributed by atoms with E-state index >= 15 is 0 Å². The summed E-state index contributed by atoms with van der Waals surface area (Å²) in [7, 11) is 1.24. The number of ether oxygens (including phenoxy) is 3. The van der Waals surface area contributed by atoms with E-state index in [9.17, 15) is 14.0 Å². The molecule has 128 valence electrons. The van der Waals surface area contributed by atoms with Gasteiger partial charge < -0.3 is 19.9 Å². The molecule has 0 saturated heterocycles. The molecule has 0 bridgehead atoms. The van der Waals surface area contributed by atoms with E-state index in [0.29, 0.717) is 0 Å². The van der Waals surface area contributed by atoms with Gasteiger partial charge in [0.05, 0.1) is 24.8 Å². The summed E-state index contributed by atoms with van der Waals surface area (Å²) in [5, 5.41) is -0.554. The second kappa shape index (κ2) is 7.45. The van der Waals surface area contributed by atoms with Gasteiger partial charge in [-0.15, -0.1) is 0 Å². The first-order valence-corrected chi connectivity index (χ1v) is 7.06. The average Bonchev–Trinajstić information content (AvgIpc) is 2.49. The molecule has 0 aliphatic carbocycles. The smallest absolute Gasteiger partial charge is 0.345 e. The minimum atomic E-state index is -1.05. The molecule has 0 aliphatic heterocycles. The lowest BCUT2D eigenvalue weighted by atomic mass is 9.95. The van der Waals surface area contributed by atoms with E-state index in [-0.39, 0.29) is 24.7 Å². The van der Waals surface area contributed by atoms with E-state index in [1.807, 2.05) is 0 Å². The van der Waals surface area contributed by atoms with Crippen LogP contribution in [0.2, 0.25) is 5.15 Å². The number of esters is 2. The molecule has 1 aromatic heterocycles. The normalized spacial score (nSPS) is 11.0. The second-order valence-electron chi connectivity index (χ2n) is 5.20. The number of nitrogens with two attached hydrogens (primary N) is 1. The summed E-state index contributed by atoms with van der Waals surface area (Å²) in [5.41, 5.74) is 3.63. The van der Waals surface area contributed by atoms with Gasteiger partial charge in [-0.05, 0) is 20.8 Å². The Bertz CT molecular complexity index is 622. The Kier molecular flexibility index (Phi) is 6.14. The molecule has 23 heavy (non-hydrogen) atoms. The molecule has 9 heteroatoms. The van der Waals surface area contributed by atoms with Crippen molar-refractivity contribution in [2.45, 2.75) is 20.8 Å².